The maximum Gasteiger partial charge on any atom is 0.0488 e. The van der Waals surface area contributed by atoms with Crippen LogP contribution in [0.4, 0.5) is 62.6 Å². The van der Waals surface area contributed by atoms with Crippen molar-refractivity contribution in [2.24, 2.45) is 0 Å². The second kappa shape index (κ2) is 20.2. The van der Waals surface area contributed by atoms with Crippen molar-refractivity contribution in [1.29, 1.82) is 0 Å². The van der Waals surface area contributed by atoms with E-state index in [1.54, 1.807) is 0 Å². The second-order valence-corrected chi connectivity index (χ2v) is 15.7. The standard InChI is InChI=1S/C61H52N4/c1-3-5-27-50(4-2)62(51-28-13-6-14-29-51)58-42-48(43-59(46-58)63(52-30-15-7-16-31-52)53-32-17-8-18-33-53)49-44-60(64(54-34-19-9-20-35-54)55-36-21-10-22-37-55)47-61(45-49)65(56-38-23-11-24-39-56)57-40-25-12-26-41-57/h3,5-47H,4H2,1-2H3/b5-3-,50-27+. The van der Waals surface area contributed by atoms with E-state index >= 15 is 0 Å². The lowest BCUT2D eigenvalue weighted by molar-refractivity contribution is 1.01. The molecule has 0 spiro atoms. The average Bonchev–Trinajstić information content (AvgIpc) is 3.37. The van der Waals surface area contributed by atoms with E-state index in [2.05, 4.69) is 300 Å². The number of allylic oxidation sites excluding steroid dienone is 4. The number of para-hydroxylation sites is 7. The summed E-state index contributed by atoms with van der Waals surface area (Å²) in [5.41, 5.74) is 15.0. The molecule has 0 saturated heterocycles. The molecule has 0 aliphatic carbocycles. The molecule has 9 aromatic carbocycles. The summed E-state index contributed by atoms with van der Waals surface area (Å²) in [6.45, 7) is 4.30. The Hall–Kier alpha value is -8.34. The lowest BCUT2D eigenvalue weighted by Crippen LogP contribution is -2.17. The molecule has 4 heteroatoms. The van der Waals surface area contributed by atoms with E-state index in [1.165, 1.54) is 5.70 Å². The molecular weight excluding hydrogens is 789 g/mol. The third kappa shape index (κ3) is 9.53. The Morgan fingerprint density at radius 1 is 0.323 bits per heavy atom. The van der Waals surface area contributed by atoms with Gasteiger partial charge in [-0.2, -0.15) is 0 Å². The highest BCUT2D eigenvalue weighted by molar-refractivity contribution is 5.91. The summed E-state index contributed by atoms with van der Waals surface area (Å²) < 4.78 is 0. The monoisotopic (exact) mass is 840 g/mol. The van der Waals surface area contributed by atoms with Crippen LogP contribution in [0.25, 0.3) is 11.1 Å². The maximum absolute atomic E-state index is 2.41. The molecule has 9 aromatic rings. The van der Waals surface area contributed by atoms with Gasteiger partial charge in [0.05, 0.1) is 0 Å². The van der Waals surface area contributed by atoms with Gasteiger partial charge in [-0.1, -0.05) is 146 Å². The zero-order valence-corrected chi connectivity index (χ0v) is 36.9. The SMILES string of the molecule is C/C=C\C=C(/CC)N(c1ccccc1)c1cc(-c2cc(N(c3ccccc3)c3ccccc3)cc(N(c3ccccc3)c3ccccc3)c2)cc(N(c2ccccc2)c2ccccc2)c1. The van der Waals surface area contributed by atoms with Crippen LogP contribution in [0.3, 0.4) is 0 Å². The molecule has 0 amide bonds. The molecule has 9 rings (SSSR count). The Balaban J connectivity index is 1.37. The van der Waals surface area contributed by atoms with E-state index < -0.39 is 0 Å². The number of nitrogens with zero attached hydrogens (tertiary/aromatic N) is 4. The van der Waals surface area contributed by atoms with Gasteiger partial charge in [-0.25, -0.2) is 0 Å². The molecule has 0 heterocycles. The zero-order valence-electron chi connectivity index (χ0n) is 36.9. The van der Waals surface area contributed by atoms with Crippen LogP contribution in [-0.4, -0.2) is 0 Å². The third-order valence-corrected chi connectivity index (χ3v) is 11.4. The molecule has 316 valence electrons. The molecule has 0 atom stereocenters. The smallest absolute Gasteiger partial charge is 0.0488 e. The Labute approximate surface area is 384 Å². The molecule has 0 fully saturated rings. The van der Waals surface area contributed by atoms with Gasteiger partial charge in [-0.3, -0.25) is 0 Å². The van der Waals surface area contributed by atoms with Crippen LogP contribution >= 0.6 is 0 Å². The Morgan fingerprint density at radius 2 is 0.585 bits per heavy atom. The predicted octanol–water partition coefficient (Wildman–Crippen LogP) is 17.8. The van der Waals surface area contributed by atoms with E-state index in [4.69, 9.17) is 0 Å². The van der Waals surface area contributed by atoms with Crippen molar-refractivity contribution in [3.8, 4) is 11.1 Å². The minimum absolute atomic E-state index is 0.825. The van der Waals surface area contributed by atoms with Crippen LogP contribution < -0.4 is 19.6 Å². The molecule has 65 heavy (non-hydrogen) atoms. The van der Waals surface area contributed by atoms with Crippen LogP contribution in [0, 0.1) is 0 Å². The molecule has 0 radical (unpaired) electrons. The highest BCUT2D eigenvalue weighted by Gasteiger charge is 2.23. The summed E-state index contributed by atoms with van der Waals surface area (Å²) in [4.78, 5) is 9.49. The van der Waals surface area contributed by atoms with Gasteiger partial charge in [-0.05, 0) is 152 Å². The molecular formula is C61H52N4. The fourth-order valence-electron chi connectivity index (χ4n) is 8.46. The van der Waals surface area contributed by atoms with Crippen LogP contribution in [0.5, 0.6) is 0 Å². The summed E-state index contributed by atoms with van der Waals surface area (Å²) in [7, 11) is 0. The first-order chi connectivity index (χ1) is 32.2. The van der Waals surface area contributed by atoms with E-state index in [9.17, 15) is 0 Å². The van der Waals surface area contributed by atoms with Crippen molar-refractivity contribution < 1.29 is 0 Å². The fraction of sp³-hybridized carbons (Fsp3) is 0.0492. The molecule has 0 aliphatic rings. The van der Waals surface area contributed by atoms with Crippen LogP contribution in [-0.2, 0) is 0 Å². The lowest BCUT2D eigenvalue weighted by atomic mass is 9.99. The van der Waals surface area contributed by atoms with Gasteiger partial charge >= 0.3 is 0 Å². The highest BCUT2D eigenvalue weighted by atomic mass is 15.2. The number of benzene rings is 9. The molecule has 0 aromatic heterocycles. The Kier molecular flexibility index (Phi) is 13.1. The van der Waals surface area contributed by atoms with E-state index in [1.807, 2.05) is 0 Å². The Bertz CT molecular complexity index is 2740. The third-order valence-electron chi connectivity index (χ3n) is 11.4. The first-order valence-electron chi connectivity index (χ1n) is 22.4. The van der Waals surface area contributed by atoms with Gasteiger partial charge in [0, 0.05) is 68.3 Å². The van der Waals surface area contributed by atoms with E-state index in [-0.39, 0.29) is 0 Å². The summed E-state index contributed by atoms with van der Waals surface area (Å²) in [6, 6.07) is 88.8. The van der Waals surface area contributed by atoms with Gasteiger partial charge in [0.15, 0.2) is 0 Å². The first-order valence-corrected chi connectivity index (χ1v) is 22.4. The number of rotatable bonds is 15. The average molecular weight is 841 g/mol. The van der Waals surface area contributed by atoms with Gasteiger partial charge in [0.2, 0.25) is 0 Å². The van der Waals surface area contributed by atoms with Crippen molar-refractivity contribution in [3.05, 3.63) is 273 Å². The van der Waals surface area contributed by atoms with Crippen molar-refractivity contribution in [2.75, 3.05) is 19.6 Å². The van der Waals surface area contributed by atoms with Crippen LogP contribution in [0.15, 0.2) is 273 Å². The van der Waals surface area contributed by atoms with Crippen molar-refractivity contribution in [2.45, 2.75) is 20.3 Å². The molecule has 0 saturated carbocycles. The van der Waals surface area contributed by atoms with E-state index in [0.29, 0.717) is 0 Å². The topological polar surface area (TPSA) is 13.0 Å². The maximum atomic E-state index is 2.41. The number of anilines is 11. The van der Waals surface area contributed by atoms with Gasteiger partial charge < -0.3 is 19.6 Å². The van der Waals surface area contributed by atoms with Crippen molar-refractivity contribution in [1.82, 2.24) is 0 Å². The minimum atomic E-state index is 0.825. The largest absolute Gasteiger partial charge is 0.314 e. The first kappa shape index (κ1) is 42.0. The summed E-state index contributed by atoms with van der Waals surface area (Å²) in [5.74, 6) is 0. The van der Waals surface area contributed by atoms with Gasteiger partial charge in [0.1, 0.15) is 0 Å². The Morgan fingerprint density at radius 3 is 0.862 bits per heavy atom. The molecule has 4 nitrogen and oxygen atoms in total. The fourth-order valence-corrected chi connectivity index (χ4v) is 8.46. The quantitative estimate of drug-likeness (QED) is 0.0954. The molecule has 0 unspecified atom stereocenters. The number of hydrogen-bond acceptors (Lipinski definition) is 4. The van der Waals surface area contributed by atoms with Gasteiger partial charge in [-0.15, -0.1) is 0 Å². The van der Waals surface area contributed by atoms with Crippen LogP contribution in [0.1, 0.15) is 20.3 Å². The van der Waals surface area contributed by atoms with Crippen LogP contribution in [0.2, 0.25) is 0 Å². The normalized spacial score (nSPS) is 11.3. The molecule has 0 bridgehead atoms. The van der Waals surface area contributed by atoms with Crippen molar-refractivity contribution in [3.63, 3.8) is 0 Å². The lowest BCUT2D eigenvalue weighted by Gasteiger charge is -2.32. The van der Waals surface area contributed by atoms with E-state index in [0.717, 1.165) is 80.1 Å². The summed E-state index contributed by atoms with van der Waals surface area (Å²) in [6.07, 6.45) is 7.29. The summed E-state index contributed by atoms with van der Waals surface area (Å²) >= 11 is 0. The molecule has 0 N–H and O–H groups in total. The predicted molar refractivity (Wildman–Crippen MR) is 278 cm³/mol. The van der Waals surface area contributed by atoms with Crippen molar-refractivity contribution >= 4 is 62.6 Å². The zero-order chi connectivity index (χ0) is 44.2. The van der Waals surface area contributed by atoms with Gasteiger partial charge in [0.25, 0.3) is 0 Å². The molecule has 0 aliphatic heterocycles. The number of hydrogen-bond donors (Lipinski definition) is 0. The second-order valence-electron chi connectivity index (χ2n) is 15.7. The highest BCUT2D eigenvalue weighted by Crippen LogP contribution is 2.46. The summed E-state index contributed by atoms with van der Waals surface area (Å²) in [5, 5.41) is 0. The minimum Gasteiger partial charge on any atom is -0.314 e.